The van der Waals surface area contributed by atoms with E-state index in [-0.39, 0.29) is 10.7 Å². The fourth-order valence-electron chi connectivity index (χ4n) is 3.11. The molecule has 1 aliphatic heterocycles. The molecule has 132 valence electrons. The van der Waals surface area contributed by atoms with E-state index in [1.54, 1.807) is 6.92 Å². The number of nitriles is 1. The summed E-state index contributed by atoms with van der Waals surface area (Å²) in [5.74, 6) is 0. The van der Waals surface area contributed by atoms with Crippen LogP contribution in [0.3, 0.4) is 0 Å². The van der Waals surface area contributed by atoms with Gasteiger partial charge in [0.05, 0.1) is 12.2 Å². The second-order valence-electron chi connectivity index (χ2n) is 5.91. The van der Waals surface area contributed by atoms with Gasteiger partial charge in [-0.2, -0.15) is 5.26 Å². The largest absolute Gasteiger partial charge is 0.211 e. The molecule has 5 nitrogen and oxygen atoms in total. The number of hydrogen-bond acceptors (Lipinski definition) is 5. The summed E-state index contributed by atoms with van der Waals surface area (Å²) in [6.45, 7) is 2.12. The van der Waals surface area contributed by atoms with Crippen LogP contribution < -0.4 is 0 Å². The van der Waals surface area contributed by atoms with E-state index in [4.69, 9.17) is 22.1 Å². The van der Waals surface area contributed by atoms with Crippen LogP contribution in [-0.4, -0.2) is 22.5 Å². The topological polar surface area (TPSA) is 57.9 Å². The Morgan fingerprint density at radius 3 is 2.33 bits per heavy atom. The highest BCUT2D eigenvalue weighted by Gasteiger charge is 2.29. The molecule has 0 amide bonds. The number of hydrazone groups is 1. The maximum atomic E-state index is 9.50. The van der Waals surface area contributed by atoms with Crippen molar-refractivity contribution in [2.75, 3.05) is 6.61 Å². The van der Waals surface area contributed by atoms with Crippen LogP contribution in [0, 0.1) is 11.3 Å². The lowest BCUT2D eigenvalue weighted by molar-refractivity contribution is -0.398. The van der Waals surface area contributed by atoms with Crippen molar-refractivity contribution in [1.29, 1.82) is 5.26 Å². The summed E-state index contributed by atoms with van der Waals surface area (Å²) in [5, 5.41) is 19.0. The quantitative estimate of drug-likeness (QED) is 0.216. The van der Waals surface area contributed by atoms with E-state index >= 15 is 0 Å². The molecule has 0 fully saturated rings. The normalized spacial score (nSPS) is 15.6. The number of hydrogen-bond donors (Lipinski definition) is 0. The van der Waals surface area contributed by atoms with Gasteiger partial charge in [0.25, 0.3) is 0 Å². The predicted octanol–water partition coefficient (Wildman–Crippen LogP) is 4.78. The molecule has 0 radical (unpaired) electrons. The Morgan fingerprint density at radius 1 is 1.11 bits per heavy atom. The standard InChI is InChI=1S/C21H15N3O2S/c1-2-25-26-24-21(27)19(20(13-22)23-24)12-18-16-9-5-3-7-14(16)11-15-8-4-6-10-17(15)18/h3-12H,2H2,1H3/b19-12-. The molecule has 0 saturated heterocycles. The summed E-state index contributed by atoms with van der Waals surface area (Å²) in [6, 6.07) is 20.5. The molecule has 0 unspecified atom stereocenters. The summed E-state index contributed by atoms with van der Waals surface area (Å²) in [7, 11) is 0. The van der Waals surface area contributed by atoms with Gasteiger partial charge in [0.15, 0.2) is 10.7 Å². The number of rotatable bonds is 4. The molecular formula is C21H15N3O2S. The molecule has 1 aliphatic rings. The van der Waals surface area contributed by atoms with Gasteiger partial charge in [-0.15, -0.1) is 5.10 Å². The number of hydroxylamine groups is 1. The average Bonchev–Trinajstić information content (AvgIpc) is 3.01. The number of thiocarbonyl (C=S) groups is 1. The van der Waals surface area contributed by atoms with Crippen LogP contribution in [0.4, 0.5) is 0 Å². The number of benzene rings is 3. The Morgan fingerprint density at radius 2 is 1.74 bits per heavy atom. The van der Waals surface area contributed by atoms with E-state index in [1.165, 1.54) is 0 Å². The minimum atomic E-state index is 0.191. The third kappa shape index (κ3) is 3.09. The fraction of sp³-hybridized carbons (Fsp3) is 0.0952. The molecule has 0 spiro atoms. The molecule has 1 heterocycles. The first-order valence-corrected chi connectivity index (χ1v) is 8.89. The lowest BCUT2D eigenvalue weighted by Crippen LogP contribution is -2.21. The molecule has 0 bridgehead atoms. The molecule has 3 aromatic carbocycles. The molecule has 0 saturated carbocycles. The molecule has 0 aromatic heterocycles. The Hall–Kier alpha value is -3.11. The van der Waals surface area contributed by atoms with Crippen LogP contribution in [0.25, 0.3) is 27.6 Å². The first-order chi connectivity index (χ1) is 13.2. The van der Waals surface area contributed by atoms with E-state index in [0.717, 1.165) is 32.3 Å². The maximum absolute atomic E-state index is 9.50. The minimum absolute atomic E-state index is 0.191. The molecule has 0 N–H and O–H groups in total. The SMILES string of the molecule is CCOON1N=C(C#N)/C(=C/c2c3ccccc3cc3ccccc23)C1=S. The molecule has 27 heavy (non-hydrogen) atoms. The van der Waals surface area contributed by atoms with Crippen molar-refractivity contribution in [3.63, 3.8) is 0 Å². The summed E-state index contributed by atoms with van der Waals surface area (Å²) in [4.78, 5) is 10.3. The first-order valence-electron chi connectivity index (χ1n) is 8.48. The Kier molecular flexibility index (Phi) is 4.65. The highest BCUT2D eigenvalue weighted by Crippen LogP contribution is 2.31. The van der Waals surface area contributed by atoms with E-state index in [0.29, 0.717) is 12.2 Å². The summed E-state index contributed by atoms with van der Waals surface area (Å²) in [5.41, 5.74) is 1.72. The summed E-state index contributed by atoms with van der Waals surface area (Å²) < 4.78 is 0. The van der Waals surface area contributed by atoms with Crippen LogP contribution in [0.5, 0.6) is 0 Å². The zero-order valence-corrected chi connectivity index (χ0v) is 15.4. The Bertz CT molecular complexity index is 1110. The van der Waals surface area contributed by atoms with Crippen molar-refractivity contribution >= 4 is 50.5 Å². The van der Waals surface area contributed by atoms with Gasteiger partial charge < -0.3 is 0 Å². The van der Waals surface area contributed by atoms with Crippen LogP contribution >= 0.6 is 12.2 Å². The highest BCUT2D eigenvalue weighted by atomic mass is 32.1. The van der Waals surface area contributed by atoms with Gasteiger partial charge in [-0.1, -0.05) is 70.9 Å². The Labute approximate surface area is 161 Å². The van der Waals surface area contributed by atoms with E-state index in [2.05, 4.69) is 41.5 Å². The monoisotopic (exact) mass is 373 g/mol. The van der Waals surface area contributed by atoms with Crippen LogP contribution in [-0.2, 0) is 9.88 Å². The van der Waals surface area contributed by atoms with Gasteiger partial charge in [-0.05, 0) is 46.2 Å². The van der Waals surface area contributed by atoms with Crippen LogP contribution in [0.15, 0.2) is 65.3 Å². The molecule has 0 aliphatic carbocycles. The summed E-state index contributed by atoms with van der Waals surface area (Å²) >= 11 is 5.45. The fourth-order valence-corrected chi connectivity index (χ4v) is 3.34. The van der Waals surface area contributed by atoms with E-state index in [1.807, 2.05) is 30.3 Å². The lowest BCUT2D eigenvalue weighted by Gasteiger charge is -2.12. The van der Waals surface area contributed by atoms with Crippen molar-refractivity contribution < 1.29 is 9.88 Å². The van der Waals surface area contributed by atoms with Gasteiger partial charge in [0.2, 0.25) is 0 Å². The molecular weight excluding hydrogens is 358 g/mol. The van der Waals surface area contributed by atoms with Crippen molar-refractivity contribution in [3.05, 3.63) is 65.7 Å². The maximum Gasteiger partial charge on any atom is 0.173 e. The zero-order chi connectivity index (χ0) is 18.8. The van der Waals surface area contributed by atoms with Gasteiger partial charge in [0.1, 0.15) is 6.07 Å². The average molecular weight is 373 g/mol. The second kappa shape index (κ2) is 7.25. The molecule has 0 atom stereocenters. The molecule has 3 aromatic rings. The lowest BCUT2D eigenvalue weighted by atomic mass is 9.94. The van der Waals surface area contributed by atoms with Crippen molar-refractivity contribution in [1.82, 2.24) is 5.17 Å². The van der Waals surface area contributed by atoms with Crippen LogP contribution in [0.1, 0.15) is 12.5 Å². The van der Waals surface area contributed by atoms with Crippen molar-refractivity contribution in [3.8, 4) is 6.07 Å². The van der Waals surface area contributed by atoms with Gasteiger partial charge in [-0.25, -0.2) is 4.89 Å². The third-order valence-corrected chi connectivity index (χ3v) is 4.67. The highest BCUT2D eigenvalue weighted by molar-refractivity contribution is 7.80. The van der Waals surface area contributed by atoms with Gasteiger partial charge in [0, 0.05) is 0 Å². The van der Waals surface area contributed by atoms with E-state index in [9.17, 15) is 5.26 Å². The van der Waals surface area contributed by atoms with Crippen LogP contribution in [0.2, 0.25) is 0 Å². The van der Waals surface area contributed by atoms with Crippen molar-refractivity contribution in [2.45, 2.75) is 6.92 Å². The second-order valence-corrected chi connectivity index (χ2v) is 6.30. The van der Waals surface area contributed by atoms with Gasteiger partial charge >= 0.3 is 0 Å². The number of nitrogens with zero attached hydrogens (tertiary/aromatic N) is 3. The smallest absolute Gasteiger partial charge is 0.173 e. The Balaban J connectivity index is 1.93. The minimum Gasteiger partial charge on any atom is -0.211 e. The zero-order valence-electron chi connectivity index (χ0n) is 14.5. The third-order valence-electron chi connectivity index (χ3n) is 4.30. The van der Waals surface area contributed by atoms with E-state index < -0.39 is 0 Å². The predicted molar refractivity (Wildman–Crippen MR) is 110 cm³/mol. The molecule has 4 rings (SSSR count). The molecule has 6 heteroatoms. The number of fused-ring (bicyclic) bond motifs is 2. The van der Waals surface area contributed by atoms with Gasteiger partial charge in [-0.3, -0.25) is 0 Å². The summed E-state index contributed by atoms with van der Waals surface area (Å²) in [6.07, 6.45) is 1.91. The van der Waals surface area contributed by atoms with Crippen molar-refractivity contribution in [2.24, 2.45) is 5.10 Å². The first kappa shape index (κ1) is 17.3.